The number of rotatable bonds is 7. The maximum atomic E-state index is 11.8. The Morgan fingerprint density at radius 1 is 1.16 bits per heavy atom. The molecule has 0 aliphatic carbocycles. The van der Waals surface area contributed by atoms with Gasteiger partial charge in [-0.25, -0.2) is 0 Å². The summed E-state index contributed by atoms with van der Waals surface area (Å²) in [6.07, 6.45) is -3.45. The van der Waals surface area contributed by atoms with Crippen LogP contribution in [0.25, 0.3) is 0 Å². The number of carbonyl (C=O) groups is 3. The Morgan fingerprint density at radius 2 is 1.87 bits per heavy atom. The van der Waals surface area contributed by atoms with Crippen LogP contribution < -0.4 is 15.0 Å². The summed E-state index contributed by atoms with van der Waals surface area (Å²) in [6, 6.07) is 6.69. The molecular weight excluding hydrogens is 428 g/mol. The molecule has 0 spiro atoms. The van der Waals surface area contributed by atoms with Gasteiger partial charge in [0, 0.05) is 20.8 Å². The summed E-state index contributed by atoms with van der Waals surface area (Å²) in [4.78, 5) is 36.5. The van der Waals surface area contributed by atoms with Crippen molar-refractivity contribution in [2.45, 2.75) is 51.4 Å². The van der Waals surface area contributed by atoms with Crippen LogP contribution in [-0.2, 0) is 33.3 Å². The van der Waals surface area contributed by atoms with Gasteiger partial charge < -0.3 is 29.0 Å². The molecule has 3 rings (SSSR count). The number of nitrogens with one attached hydrogen (secondary N) is 1. The number of fused-ring (bicyclic) bond motifs is 1. The van der Waals surface area contributed by atoms with E-state index >= 15 is 0 Å². The van der Waals surface area contributed by atoms with Gasteiger partial charge in [0.2, 0.25) is 0 Å². The van der Waals surface area contributed by atoms with Crippen molar-refractivity contribution >= 4 is 40.9 Å². The SMILES string of the molecule is COc1ccccc1N1C(=S)N[C@@H]2[C@@H](OC(C)=O)[C@@H]([C@@H](COC(C)=O)OC(C)=O)O[C@@H]21. The third kappa shape index (κ3) is 4.88. The van der Waals surface area contributed by atoms with E-state index in [-0.39, 0.29) is 6.61 Å². The molecule has 11 heteroatoms. The topological polar surface area (TPSA) is 113 Å². The summed E-state index contributed by atoms with van der Waals surface area (Å²) < 4.78 is 27.6. The quantitative estimate of drug-likeness (QED) is 0.362. The molecule has 5 atom stereocenters. The first-order valence-corrected chi connectivity index (χ1v) is 9.99. The van der Waals surface area contributed by atoms with Crippen LogP contribution in [0.3, 0.4) is 0 Å². The number of benzene rings is 1. The molecule has 1 N–H and O–H groups in total. The van der Waals surface area contributed by atoms with Crippen molar-refractivity contribution in [2.24, 2.45) is 0 Å². The molecule has 0 radical (unpaired) electrons. The van der Waals surface area contributed by atoms with Crippen LogP contribution in [0.2, 0.25) is 0 Å². The van der Waals surface area contributed by atoms with Crippen molar-refractivity contribution in [2.75, 3.05) is 18.6 Å². The van der Waals surface area contributed by atoms with Crippen molar-refractivity contribution < 1.29 is 38.1 Å². The molecule has 0 amide bonds. The molecule has 31 heavy (non-hydrogen) atoms. The Bertz CT molecular complexity index is 878. The molecule has 2 saturated heterocycles. The zero-order chi connectivity index (χ0) is 22.7. The van der Waals surface area contributed by atoms with E-state index in [4.69, 9.17) is 35.9 Å². The average Bonchev–Trinajstić information content (AvgIpc) is 3.19. The molecule has 168 valence electrons. The lowest BCUT2D eigenvalue weighted by Gasteiger charge is -2.29. The van der Waals surface area contributed by atoms with Crippen LogP contribution in [-0.4, -0.2) is 67.3 Å². The molecule has 2 aliphatic rings. The minimum atomic E-state index is -0.994. The van der Waals surface area contributed by atoms with Gasteiger partial charge in [-0.1, -0.05) is 12.1 Å². The molecule has 0 saturated carbocycles. The Hall–Kier alpha value is -2.92. The molecular formula is C20H24N2O8S. The van der Waals surface area contributed by atoms with E-state index in [1.807, 2.05) is 18.2 Å². The van der Waals surface area contributed by atoms with E-state index in [2.05, 4.69) is 5.32 Å². The number of nitrogens with zero attached hydrogens (tertiary/aromatic N) is 1. The smallest absolute Gasteiger partial charge is 0.303 e. The van der Waals surface area contributed by atoms with E-state index in [1.54, 1.807) is 18.1 Å². The molecule has 0 aromatic heterocycles. The van der Waals surface area contributed by atoms with Crippen molar-refractivity contribution in [3.05, 3.63) is 24.3 Å². The fourth-order valence-corrected chi connectivity index (χ4v) is 4.05. The highest BCUT2D eigenvalue weighted by Gasteiger charge is 2.57. The molecule has 2 aliphatic heterocycles. The summed E-state index contributed by atoms with van der Waals surface area (Å²) in [5.41, 5.74) is 0.654. The molecule has 2 fully saturated rings. The van der Waals surface area contributed by atoms with Crippen molar-refractivity contribution in [1.29, 1.82) is 0 Å². The second kappa shape index (κ2) is 9.48. The van der Waals surface area contributed by atoms with Gasteiger partial charge in [-0.05, 0) is 24.4 Å². The van der Waals surface area contributed by atoms with Crippen molar-refractivity contribution in [1.82, 2.24) is 5.32 Å². The predicted octanol–water partition coefficient (Wildman–Crippen LogP) is 0.910. The molecule has 1 aromatic carbocycles. The first-order chi connectivity index (χ1) is 14.7. The number of para-hydroxylation sites is 2. The zero-order valence-electron chi connectivity index (χ0n) is 17.5. The second-order valence-electron chi connectivity index (χ2n) is 7.03. The van der Waals surface area contributed by atoms with Gasteiger partial charge in [-0.15, -0.1) is 0 Å². The zero-order valence-corrected chi connectivity index (χ0v) is 18.3. The van der Waals surface area contributed by atoms with Crippen LogP contribution in [0.1, 0.15) is 20.8 Å². The number of hydrogen-bond acceptors (Lipinski definition) is 9. The maximum absolute atomic E-state index is 11.8. The summed E-state index contributed by atoms with van der Waals surface area (Å²) >= 11 is 5.49. The van der Waals surface area contributed by atoms with Crippen LogP contribution in [0.15, 0.2) is 24.3 Å². The highest BCUT2D eigenvalue weighted by atomic mass is 32.1. The van der Waals surface area contributed by atoms with E-state index in [0.717, 1.165) is 0 Å². The number of hydrogen-bond donors (Lipinski definition) is 1. The lowest BCUT2D eigenvalue weighted by molar-refractivity contribution is -0.174. The standard InChI is InChI=1S/C20H24N2O8S/c1-10(23)27-9-15(28-11(2)24)17-18(29-12(3)25)16-19(30-17)22(20(31)21-16)13-7-5-6-8-14(13)26-4/h5-8,15-19H,9H2,1-4H3,(H,21,31)/t15-,16-,17-,18-,19+/m1/s1. The summed E-state index contributed by atoms with van der Waals surface area (Å²) in [6.45, 7) is 3.48. The maximum Gasteiger partial charge on any atom is 0.303 e. The predicted molar refractivity (Wildman–Crippen MR) is 111 cm³/mol. The molecule has 2 heterocycles. The fraction of sp³-hybridized carbons (Fsp3) is 0.500. The Morgan fingerprint density at radius 3 is 2.48 bits per heavy atom. The van der Waals surface area contributed by atoms with E-state index in [0.29, 0.717) is 16.5 Å². The number of carbonyl (C=O) groups excluding carboxylic acids is 3. The summed E-state index contributed by atoms with van der Waals surface area (Å²) in [5.74, 6) is -1.12. The van der Waals surface area contributed by atoms with Crippen molar-refractivity contribution in [3.63, 3.8) is 0 Å². The van der Waals surface area contributed by atoms with Gasteiger partial charge in [0.05, 0.1) is 12.8 Å². The van der Waals surface area contributed by atoms with Gasteiger partial charge >= 0.3 is 17.9 Å². The van der Waals surface area contributed by atoms with Gasteiger partial charge in [-0.2, -0.15) is 0 Å². The van der Waals surface area contributed by atoms with Gasteiger partial charge in [0.1, 0.15) is 24.5 Å². The van der Waals surface area contributed by atoms with E-state index < -0.39 is 48.5 Å². The monoisotopic (exact) mass is 452 g/mol. The van der Waals surface area contributed by atoms with Crippen LogP contribution in [0.5, 0.6) is 5.75 Å². The number of methoxy groups -OCH3 is 1. The minimum absolute atomic E-state index is 0.254. The number of esters is 3. The molecule has 1 aromatic rings. The third-order valence-corrected chi connectivity index (χ3v) is 5.14. The van der Waals surface area contributed by atoms with Crippen LogP contribution in [0, 0.1) is 0 Å². The Kier molecular flexibility index (Phi) is 6.96. The normalized spacial score (nSPS) is 25.3. The van der Waals surface area contributed by atoms with E-state index in [9.17, 15) is 14.4 Å². The highest BCUT2D eigenvalue weighted by molar-refractivity contribution is 7.80. The Balaban J connectivity index is 1.95. The van der Waals surface area contributed by atoms with Gasteiger partial charge in [-0.3, -0.25) is 19.3 Å². The minimum Gasteiger partial charge on any atom is -0.495 e. The van der Waals surface area contributed by atoms with Crippen LogP contribution in [0.4, 0.5) is 5.69 Å². The number of anilines is 1. The van der Waals surface area contributed by atoms with Gasteiger partial charge in [0.15, 0.2) is 23.5 Å². The highest BCUT2D eigenvalue weighted by Crippen LogP contribution is 2.39. The first kappa shape index (κ1) is 22.8. The van der Waals surface area contributed by atoms with Gasteiger partial charge in [0.25, 0.3) is 0 Å². The lowest BCUT2D eigenvalue weighted by atomic mass is 10.0. The van der Waals surface area contributed by atoms with Crippen LogP contribution >= 0.6 is 12.2 Å². The molecule has 0 bridgehead atoms. The average molecular weight is 452 g/mol. The van der Waals surface area contributed by atoms with E-state index in [1.165, 1.54) is 20.8 Å². The largest absolute Gasteiger partial charge is 0.495 e. The van der Waals surface area contributed by atoms with Crippen molar-refractivity contribution in [3.8, 4) is 5.75 Å². The Labute approximate surface area is 184 Å². The second-order valence-corrected chi connectivity index (χ2v) is 7.42. The third-order valence-electron chi connectivity index (χ3n) is 4.83. The number of ether oxygens (including phenoxy) is 5. The number of thiocarbonyl (C=S) groups is 1. The first-order valence-electron chi connectivity index (χ1n) is 9.59. The summed E-state index contributed by atoms with van der Waals surface area (Å²) in [5, 5.41) is 3.49. The summed E-state index contributed by atoms with van der Waals surface area (Å²) in [7, 11) is 1.54. The molecule has 0 unspecified atom stereocenters. The molecule has 10 nitrogen and oxygen atoms in total. The fourth-order valence-electron chi connectivity index (χ4n) is 3.71. The lowest BCUT2D eigenvalue weighted by Crippen LogP contribution is -2.49.